The quantitative estimate of drug-likeness (QED) is 0.222. The highest BCUT2D eigenvalue weighted by Gasteiger charge is 2.47. The van der Waals surface area contributed by atoms with E-state index >= 15 is 0 Å². The largest absolute Gasteiger partial charge is 0.469 e. The Balaban J connectivity index is 2.00. The van der Waals surface area contributed by atoms with Gasteiger partial charge in [0, 0.05) is 27.2 Å². The Hall–Kier alpha value is -2.90. The predicted octanol–water partition coefficient (Wildman–Crippen LogP) is 8.42. The Kier molecular flexibility index (Phi) is 12.1. The highest BCUT2D eigenvalue weighted by molar-refractivity contribution is 6.47. The summed E-state index contributed by atoms with van der Waals surface area (Å²) >= 11 is 12.7. The fraction of sp³-hybridized carbons (Fsp3) is 0.543. The molecule has 2 amide bonds. The average molecular weight is 645 g/mol. The minimum Gasteiger partial charge on any atom is -0.469 e. The van der Waals surface area contributed by atoms with Gasteiger partial charge in [-0.15, -0.1) is 0 Å². The molecule has 2 aromatic carbocycles. The zero-order valence-electron chi connectivity index (χ0n) is 27.3. The molecule has 7 nitrogen and oxygen atoms in total. The van der Waals surface area contributed by atoms with Gasteiger partial charge in [-0.25, -0.2) is 0 Å². The molecule has 0 radical (unpaired) electrons. The summed E-state index contributed by atoms with van der Waals surface area (Å²) in [4.78, 5) is 46.0. The van der Waals surface area contributed by atoms with Crippen LogP contribution in [0.5, 0.6) is 0 Å². The van der Waals surface area contributed by atoms with Gasteiger partial charge in [-0.2, -0.15) is 0 Å². The van der Waals surface area contributed by atoms with E-state index < -0.39 is 5.66 Å². The lowest BCUT2D eigenvalue weighted by Crippen LogP contribution is -2.47. The fourth-order valence-electron chi connectivity index (χ4n) is 5.65. The van der Waals surface area contributed by atoms with Crippen LogP contribution in [0.1, 0.15) is 115 Å². The van der Waals surface area contributed by atoms with Crippen LogP contribution in [0.15, 0.2) is 47.5 Å². The molecule has 0 spiro atoms. The molecule has 2 aromatic rings. The van der Waals surface area contributed by atoms with E-state index in [0.29, 0.717) is 39.2 Å². The number of benzene rings is 2. The lowest BCUT2D eigenvalue weighted by atomic mass is 9.87. The summed E-state index contributed by atoms with van der Waals surface area (Å²) in [5, 5.41) is 3.74. The molecular formula is C35H47Cl2N3O4. The van der Waals surface area contributed by atoms with Crippen LogP contribution in [-0.4, -0.2) is 47.2 Å². The Morgan fingerprint density at radius 1 is 1.02 bits per heavy atom. The zero-order chi connectivity index (χ0) is 32.8. The van der Waals surface area contributed by atoms with E-state index in [2.05, 4.69) is 39.9 Å². The van der Waals surface area contributed by atoms with Gasteiger partial charge in [0.15, 0.2) is 0 Å². The molecule has 1 heterocycles. The Morgan fingerprint density at radius 2 is 1.64 bits per heavy atom. The Bertz CT molecular complexity index is 1350. The number of halogens is 2. The maximum absolute atomic E-state index is 14.4. The number of hydrogen-bond donors (Lipinski definition) is 1. The molecule has 0 fully saturated rings. The minimum absolute atomic E-state index is 0.0860. The second-order valence-electron chi connectivity index (χ2n) is 13.7. The van der Waals surface area contributed by atoms with E-state index in [9.17, 15) is 14.4 Å². The first-order valence-corrected chi connectivity index (χ1v) is 16.2. The van der Waals surface area contributed by atoms with Crippen LogP contribution in [0.3, 0.4) is 0 Å². The molecule has 9 heteroatoms. The van der Waals surface area contributed by atoms with Gasteiger partial charge in [0.25, 0.3) is 11.8 Å². The number of carbonyl (C=O) groups is 3. The number of amides is 2. The Labute approximate surface area is 272 Å². The summed E-state index contributed by atoms with van der Waals surface area (Å²) in [6.07, 6.45) is 4.31. The normalized spacial score (nSPS) is 18.3. The number of esters is 1. The number of aliphatic imine (C=N–C) groups is 1. The van der Waals surface area contributed by atoms with Crippen molar-refractivity contribution in [3.8, 4) is 0 Å². The van der Waals surface area contributed by atoms with Gasteiger partial charge in [-0.1, -0.05) is 70.0 Å². The lowest BCUT2D eigenvalue weighted by Gasteiger charge is -2.40. The molecule has 0 aromatic heterocycles. The molecule has 3 rings (SSSR count). The molecule has 3 atom stereocenters. The van der Waals surface area contributed by atoms with E-state index in [1.165, 1.54) is 7.11 Å². The number of ether oxygens (including phenoxy) is 1. The van der Waals surface area contributed by atoms with E-state index in [1.54, 1.807) is 37.3 Å². The first-order valence-electron chi connectivity index (χ1n) is 15.4. The SMILES string of the molecule is COC(=O)C[C@H](C)NC(=O)c1ccc(C(CCC(C)C)N2C(=O)C(c3cc(Cl)cc(Cl)c3)=NC2(C)CCCC(C)(C)C)cc1. The number of nitrogens with one attached hydrogen (secondary N) is 1. The van der Waals surface area contributed by atoms with E-state index in [0.717, 1.165) is 31.2 Å². The lowest BCUT2D eigenvalue weighted by molar-refractivity contribution is -0.141. The molecule has 0 bridgehead atoms. The van der Waals surface area contributed by atoms with Crippen molar-refractivity contribution in [3.63, 3.8) is 0 Å². The van der Waals surface area contributed by atoms with Crippen LogP contribution in [0, 0.1) is 11.3 Å². The molecule has 1 aliphatic heterocycles. The van der Waals surface area contributed by atoms with Crippen molar-refractivity contribution in [2.24, 2.45) is 16.3 Å². The van der Waals surface area contributed by atoms with Crippen LogP contribution in [-0.2, 0) is 14.3 Å². The van der Waals surface area contributed by atoms with Crippen LogP contribution in [0.25, 0.3) is 0 Å². The van der Waals surface area contributed by atoms with Crippen molar-refractivity contribution in [1.29, 1.82) is 0 Å². The second kappa shape index (κ2) is 14.9. The second-order valence-corrected chi connectivity index (χ2v) is 14.6. The topological polar surface area (TPSA) is 88.1 Å². The van der Waals surface area contributed by atoms with Crippen LogP contribution in [0.2, 0.25) is 10.0 Å². The smallest absolute Gasteiger partial charge is 0.307 e. The monoisotopic (exact) mass is 643 g/mol. The molecular weight excluding hydrogens is 597 g/mol. The van der Waals surface area contributed by atoms with Gasteiger partial charge < -0.3 is 15.0 Å². The van der Waals surface area contributed by atoms with Crippen molar-refractivity contribution >= 4 is 46.7 Å². The van der Waals surface area contributed by atoms with Gasteiger partial charge in [-0.3, -0.25) is 19.4 Å². The summed E-state index contributed by atoms with van der Waals surface area (Å²) < 4.78 is 4.71. The van der Waals surface area contributed by atoms with Gasteiger partial charge >= 0.3 is 5.97 Å². The summed E-state index contributed by atoms with van der Waals surface area (Å²) in [6, 6.07) is 11.9. The van der Waals surface area contributed by atoms with Gasteiger partial charge in [-0.05, 0) is 93.2 Å². The molecule has 0 aliphatic carbocycles. The number of carbonyl (C=O) groups excluding carboxylic acids is 3. The minimum atomic E-state index is -0.784. The van der Waals surface area contributed by atoms with E-state index in [-0.39, 0.29) is 41.7 Å². The molecule has 0 saturated heterocycles. The summed E-state index contributed by atoms with van der Waals surface area (Å²) in [6.45, 7) is 14.8. The highest BCUT2D eigenvalue weighted by atomic mass is 35.5. The third-order valence-electron chi connectivity index (χ3n) is 7.97. The first-order chi connectivity index (χ1) is 20.5. The molecule has 2 unspecified atom stereocenters. The van der Waals surface area contributed by atoms with Crippen molar-refractivity contribution in [2.45, 2.75) is 105 Å². The first kappa shape index (κ1) is 35.6. The predicted molar refractivity (Wildman–Crippen MR) is 178 cm³/mol. The fourth-order valence-corrected chi connectivity index (χ4v) is 6.17. The van der Waals surface area contributed by atoms with E-state index in [1.807, 2.05) is 24.0 Å². The van der Waals surface area contributed by atoms with Crippen molar-refractivity contribution in [2.75, 3.05) is 7.11 Å². The van der Waals surface area contributed by atoms with Crippen molar-refractivity contribution in [3.05, 3.63) is 69.2 Å². The maximum Gasteiger partial charge on any atom is 0.307 e. The number of rotatable bonds is 13. The van der Waals surface area contributed by atoms with Crippen molar-refractivity contribution < 1.29 is 19.1 Å². The molecule has 1 N–H and O–H groups in total. The summed E-state index contributed by atoms with van der Waals surface area (Å²) in [5.41, 5.74) is 1.73. The number of hydrogen-bond acceptors (Lipinski definition) is 5. The van der Waals surface area contributed by atoms with Gasteiger partial charge in [0.1, 0.15) is 11.4 Å². The maximum atomic E-state index is 14.4. The van der Waals surface area contributed by atoms with Crippen LogP contribution < -0.4 is 5.32 Å². The molecule has 1 aliphatic rings. The molecule has 44 heavy (non-hydrogen) atoms. The third-order valence-corrected chi connectivity index (χ3v) is 8.41. The van der Waals surface area contributed by atoms with Crippen LogP contribution in [0.4, 0.5) is 0 Å². The number of nitrogens with zero attached hydrogens (tertiary/aromatic N) is 2. The Morgan fingerprint density at radius 3 is 2.18 bits per heavy atom. The standard InChI is InChI=1S/C35H47Cl2N3O4/c1-22(2)10-15-29(24-11-13-25(14-12-24)32(42)38-23(3)18-30(41)44-8)40-33(43)31(26-19-27(36)21-28(37)20-26)39-35(40,7)17-9-16-34(4,5)6/h11-14,19-23,29H,9-10,15-18H2,1-8H3,(H,38,42)/t23-,29?,35?/m0/s1. The van der Waals surface area contributed by atoms with Gasteiger partial charge in [0.05, 0.1) is 19.6 Å². The summed E-state index contributed by atoms with van der Waals surface area (Å²) in [7, 11) is 1.32. The number of methoxy groups -OCH3 is 1. The highest BCUT2D eigenvalue weighted by Crippen LogP contribution is 2.42. The third kappa shape index (κ3) is 9.55. The average Bonchev–Trinajstić information content (AvgIpc) is 3.17. The molecule has 0 saturated carbocycles. The van der Waals surface area contributed by atoms with E-state index in [4.69, 9.17) is 32.9 Å². The molecule has 240 valence electrons. The summed E-state index contributed by atoms with van der Waals surface area (Å²) in [5.74, 6) is -0.396. The van der Waals surface area contributed by atoms with Crippen molar-refractivity contribution in [1.82, 2.24) is 10.2 Å². The van der Waals surface area contributed by atoms with Gasteiger partial charge in [0.2, 0.25) is 0 Å². The zero-order valence-corrected chi connectivity index (χ0v) is 28.8. The van der Waals surface area contributed by atoms with Crippen LogP contribution >= 0.6 is 23.2 Å².